The van der Waals surface area contributed by atoms with E-state index in [1.807, 2.05) is 25.2 Å². The van der Waals surface area contributed by atoms with Crippen molar-refractivity contribution in [2.75, 3.05) is 26.8 Å². The maximum Gasteiger partial charge on any atom is 0.196 e. The molecule has 1 heterocycles. The topological polar surface area (TPSA) is 30.5 Å². The van der Waals surface area contributed by atoms with Crippen molar-refractivity contribution in [1.29, 1.82) is 0 Å². The van der Waals surface area contributed by atoms with Gasteiger partial charge < -0.3 is 14.8 Å². The van der Waals surface area contributed by atoms with Crippen LogP contribution in [0.25, 0.3) is 0 Å². The minimum Gasteiger partial charge on any atom is -0.343 e. The molecule has 0 spiro atoms. The van der Waals surface area contributed by atoms with Crippen molar-refractivity contribution < 1.29 is 9.47 Å². The van der Waals surface area contributed by atoms with Crippen molar-refractivity contribution in [2.24, 2.45) is 0 Å². The molecular formula is C12H17NO2. The predicted octanol–water partition coefficient (Wildman–Crippen LogP) is 1.50. The highest BCUT2D eigenvalue weighted by atomic mass is 16.7. The van der Waals surface area contributed by atoms with Crippen LogP contribution < -0.4 is 5.32 Å². The minimum atomic E-state index is -0.524. The second-order valence-corrected chi connectivity index (χ2v) is 3.67. The van der Waals surface area contributed by atoms with Crippen LogP contribution in [0.3, 0.4) is 0 Å². The van der Waals surface area contributed by atoms with Gasteiger partial charge in [-0.05, 0) is 7.05 Å². The van der Waals surface area contributed by atoms with E-state index >= 15 is 0 Å². The van der Waals surface area contributed by atoms with Crippen molar-refractivity contribution in [2.45, 2.75) is 12.2 Å². The van der Waals surface area contributed by atoms with Crippen LogP contribution in [0.5, 0.6) is 0 Å². The molecule has 0 unspecified atom stereocenters. The molecule has 1 saturated heterocycles. The van der Waals surface area contributed by atoms with Crippen LogP contribution >= 0.6 is 0 Å². The van der Waals surface area contributed by atoms with Crippen LogP contribution in [-0.4, -0.2) is 26.8 Å². The number of hydrogen-bond acceptors (Lipinski definition) is 3. The van der Waals surface area contributed by atoms with Gasteiger partial charge in [-0.1, -0.05) is 30.3 Å². The van der Waals surface area contributed by atoms with Crippen LogP contribution in [0.1, 0.15) is 12.0 Å². The molecule has 2 rings (SSSR count). The molecule has 3 heteroatoms. The van der Waals surface area contributed by atoms with Crippen LogP contribution in [0.2, 0.25) is 0 Å². The third-order valence-electron chi connectivity index (χ3n) is 2.67. The Labute approximate surface area is 90.4 Å². The van der Waals surface area contributed by atoms with Gasteiger partial charge in [0, 0.05) is 18.5 Å². The van der Waals surface area contributed by atoms with Gasteiger partial charge in [0.1, 0.15) is 0 Å². The van der Waals surface area contributed by atoms with Gasteiger partial charge in [0.05, 0.1) is 13.2 Å². The van der Waals surface area contributed by atoms with Crippen LogP contribution in [0.4, 0.5) is 0 Å². The monoisotopic (exact) mass is 207 g/mol. The number of nitrogens with one attached hydrogen (secondary N) is 1. The molecule has 1 aliphatic heterocycles. The summed E-state index contributed by atoms with van der Waals surface area (Å²) in [6.45, 7) is 2.24. The molecular weight excluding hydrogens is 190 g/mol. The Bertz CT molecular complexity index is 294. The summed E-state index contributed by atoms with van der Waals surface area (Å²) >= 11 is 0. The van der Waals surface area contributed by atoms with Gasteiger partial charge in [-0.3, -0.25) is 0 Å². The fraction of sp³-hybridized carbons (Fsp3) is 0.500. The van der Waals surface area contributed by atoms with Crippen molar-refractivity contribution in [3.8, 4) is 0 Å². The summed E-state index contributed by atoms with van der Waals surface area (Å²) in [5, 5.41) is 3.13. The van der Waals surface area contributed by atoms with Gasteiger partial charge in [-0.15, -0.1) is 0 Å². The molecule has 1 aromatic carbocycles. The molecule has 0 radical (unpaired) electrons. The van der Waals surface area contributed by atoms with E-state index in [0.29, 0.717) is 13.2 Å². The van der Waals surface area contributed by atoms with E-state index in [-0.39, 0.29) is 0 Å². The highest BCUT2D eigenvalue weighted by Crippen LogP contribution is 2.34. The summed E-state index contributed by atoms with van der Waals surface area (Å²) < 4.78 is 11.5. The van der Waals surface area contributed by atoms with Gasteiger partial charge in [-0.25, -0.2) is 0 Å². The van der Waals surface area contributed by atoms with Gasteiger partial charge in [0.25, 0.3) is 0 Å². The number of rotatable bonds is 4. The third kappa shape index (κ3) is 2.20. The molecule has 0 amide bonds. The SMILES string of the molecule is CNCCC1(c2ccccc2)OCCO1. The molecule has 0 aromatic heterocycles. The average Bonchev–Trinajstić information content (AvgIpc) is 2.78. The maximum absolute atomic E-state index is 5.77. The van der Waals surface area contributed by atoms with E-state index in [1.165, 1.54) is 0 Å². The lowest BCUT2D eigenvalue weighted by Crippen LogP contribution is -2.31. The quantitative estimate of drug-likeness (QED) is 0.811. The van der Waals surface area contributed by atoms with E-state index in [0.717, 1.165) is 18.5 Å². The Kier molecular flexibility index (Phi) is 3.36. The highest BCUT2D eigenvalue weighted by Gasteiger charge is 2.37. The van der Waals surface area contributed by atoms with Crippen LogP contribution in [0, 0.1) is 0 Å². The standard InChI is InChI=1S/C12H17NO2/c1-13-8-7-12(14-9-10-15-12)11-5-3-2-4-6-11/h2-6,13H,7-10H2,1H3. The van der Waals surface area contributed by atoms with E-state index < -0.39 is 5.79 Å². The van der Waals surface area contributed by atoms with Gasteiger partial charge in [-0.2, -0.15) is 0 Å². The summed E-state index contributed by atoms with van der Waals surface area (Å²) in [6, 6.07) is 10.1. The Morgan fingerprint density at radius 2 is 1.87 bits per heavy atom. The largest absolute Gasteiger partial charge is 0.343 e. The summed E-state index contributed by atoms with van der Waals surface area (Å²) in [4.78, 5) is 0. The first-order chi connectivity index (χ1) is 7.37. The molecule has 1 aliphatic rings. The lowest BCUT2D eigenvalue weighted by atomic mass is 10.0. The molecule has 1 N–H and O–H groups in total. The Morgan fingerprint density at radius 1 is 1.20 bits per heavy atom. The van der Waals surface area contributed by atoms with Gasteiger partial charge in [0.2, 0.25) is 0 Å². The first-order valence-corrected chi connectivity index (χ1v) is 5.35. The predicted molar refractivity (Wildman–Crippen MR) is 58.6 cm³/mol. The normalized spacial score (nSPS) is 19.3. The maximum atomic E-state index is 5.77. The molecule has 0 bridgehead atoms. The zero-order chi connectivity index (χ0) is 10.6. The Balaban J connectivity index is 2.19. The van der Waals surface area contributed by atoms with Crippen LogP contribution in [-0.2, 0) is 15.3 Å². The highest BCUT2D eigenvalue weighted by molar-refractivity contribution is 5.21. The molecule has 3 nitrogen and oxygen atoms in total. The molecule has 15 heavy (non-hydrogen) atoms. The summed E-state index contributed by atoms with van der Waals surface area (Å²) in [7, 11) is 1.94. The van der Waals surface area contributed by atoms with Crippen molar-refractivity contribution in [3.63, 3.8) is 0 Å². The van der Waals surface area contributed by atoms with Crippen molar-refractivity contribution >= 4 is 0 Å². The zero-order valence-corrected chi connectivity index (χ0v) is 9.03. The number of benzene rings is 1. The Hall–Kier alpha value is -0.900. The molecule has 1 fully saturated rings. The Morgan fingerprint density at radius 3 is 2.47 bits per heavy atom. The van der Waals surface area contributed by atoms with E-state index in [2.05, 4.69) is 17.4 Å². The van der Waals surface area contributed by atoms with Gasteiger partial charge >= 0.3 is 0 Å². The van der Waals surface area contributed by atoms with Crippen LogP contribution in [0.15, 0.2) is 30.3 Å². The fourth-order valence-corrected chi connectivity index (χ4v) is 1.89. The smallest absolute Gasteiger partial charge is 0.196 e. The number of hydrogen-bond donors (Lipinski definition) is 1. The summed E-state index contributed by atoms with van der Waals surface area (Å²) in [6.07, 6.45) is 0.841. The van der Waals surface area contributed by atoms with E-state index in [1.54, 1.807) is 0 Å². The third-order valence-corrected chi connectivity index (χ3v) is 2.67. The summed E-state index contributed by atoms with van der Waals surface area (Å²) in [5.74, 6) is -0.524. The molecule has 0 atom stereocenters. The lowest BCUT2D eigenvalue weighted by molar-refractivity contribution is -0.169. The second-order valence-electron chi connectivity index (χ2n) is 3.67. The van der Waals surface area contributed by atoms with E-state index in [9.17, 15) is 0 Å². The average molecular weight is 207 g/mol. The first-order valence-electron chi connectivity index (χ1n) is 5.35. The molecule has 1 aromatic rings. The van der Waals surface area contributed by atoms with Crippen molar-refractivity contribution in [3.05, 3.63) is 35.9 Å². The van der Waals surface area contributed by atoms with Gasteiger partial charge in [0.15, 0.2) is 5.79 Å². The fourth-order valence-electron chi connectivity index (χ4n) is 1.89. The first kappa shape index (κ1) is 10.6. The van der Waals surface area contributed by atoms with Crippen molar-refractivity contribution in [1.82, 2.24) is 5.32 Å². The lowest BCUT2D eigenvalue weighted by Gasteiger charge is -2.27. The minimum absolute atomic E-state index is 0.524. The molecule has 82 valence electrons. The zero-order valence-electron chi connectivity index (χ0n) is 9.03. The number of ether oxygens (including phenoxy) is 2. The van der Waals surface area contributed by atoms with E-state index in [4.69, 9.17) is 9.47 Å². The molecule has 0 saturated carbocycles. The molecule has 0 aliphatic carbocycles. The summed E-state index contributed by atoms with van der Waals surface area (Å²) in [5.41, 5.74) is 1.11. The second kappa shape index (κ2) is 4.75.